The second-order valence-electron chi connectivity index (χ2n) is 6.57. The molecule has 1 N–H and O–H groups in total. The highest BCUT2D eigenvalue weighted by molar-refractivity contribution is 5.94. The zero-order valence-corrected chi connectivity index (χ0v) is 16.1. The van der Waals surface area contributed by atoms with Crippen molar-refractivity contribution in [1.29, 1.82) is 0 Å². The van der Waals surface area contributed by atoms with Crippen LogP contribution in [-0.4, -0.2) is 77.5 Å². The Bertz CT molecular complexity index is 772. The first kappa shape index (κ1) is 19.0. The fourth-order valence-electron chi connectivity index (χ4n) is 2.85. The van der Waals surface area contributed by atoms with E-state index in [1.54, 1.807) is 0 Å². The number of carbonyl (C=O) groups is 1. The van der Waals surface area contributed by atoms with Crippen molar-refractivity contribution in [3.05, 3.63) is 29.8 Å². The van der Waals surface area contributed by atoms with E-state index in [1.165, 1.54) is 7.11 Å². The quantitative estimate of drug-likeness (QED) is 0.829. The Kier molecular flexibility index (Phi) is 6.18. The minimum atomic E-state index is 0.0631. The average molecular weight is 370 g/mol. The Labute approximate surface area is 159 Å². The van der Waals surface area contributed by atoms with Crippen LogP contribution < -0.4 is 10.1 Å². The molecule has 1 saturated heterocycles. The molecular formula is C19H26N6O2. The zero-order valence-electron chi connectivity index (χ0n) is 16.1. The summed E-state index contributed by atoms with van der Waals surface area (Å²) in [6, 6.07) is 7.64. The normalized spacial score (nSPS) is 14.9. The lowest BCUT2D eigenvalue weighted by atomic mass is 10.1. The molecule has 0 saturated carbocycles. The van der Waals surface area contributed by atoms with Crippen molar-refractivity contribution in [2.75, 3.05) is 52.2 Å². The average Bonchev–Trinajstić information content (AvgIpc) is 2.72. The summed E-state index contributed by atoms with van der Waals surface area (Å²) in [5.41, 5.74) is 1.49. The molecule has 3 rings (SSSR count). The van der Waals surface area contributed by atoms with Gasteiger partial charge >= 0.3 is 6.01 Å². The first-order valence-corrected chi connectivity index (χ1v) is 9.23. The van der Waals surface area contributed by atoms with Gasteiger partial charge in [0.1, 0.15) is 0 Å². The van der Waals surface area contributed by atoms with E-state index < -0.39 is 0 Å². The Balaban J connectivity index is 1.77. The molecule has 0 unspecified atom stereocenters. The Morgan fingerprint density at radius 3 is 2.44 bits per heavy atom. The van der Waals surface area contributed by atoms with E-state index in [2.05, 4.69) is 39.1 Å². The van der Waals surface area contributed by atoms with E-state index in [0.717, 1.165) is 44.7 Å². The summed E-state index contributed by atoms with van der Waals surface area (Å²) in [5, 5.41) is 3.15. The van der Waals surface area contributed by atoms with Crippen LogP contribution >= 0.6 is 0 Å². The number of amides is 1. The fourth-order valence-corrected chi connectivity index (χ4v) is 2.85. The van der Waals surface area contributed by atoms with Gasteiger partial charge in [-0.2, -0.15) is 15.0 Å². The lowest BCUT2D eigenvalue weighted by molar-refractivity contribution is 0.0664. The van der Waals surface area contributed by atoms with E-state index >= 15 is 0 Å². The lowest BCUT2D eigenvalue weighted by Crippen LogP contribution is -2.47. The van der Waals surface area contributed by atoms with Crippen LogP contribution in [0.25, 0.3) is 11.4 Å². The summed E-state index contributed by atoms with van der Waals surface area (Å²) in [4.78, 5) is 29.8. The molecule has 1 aromatic heterocycles. The number of hydrogen-bond donors (Lipinski definition) is 1. The molecule has 27 heavy (non-hydrogen) atoms. The van der Waals surface area contributed by atoms with E-state index in [9.17, 15) is 4.79 Å². The molecule has 8 heteroatoms. The molecule has 1 fully saturated rings. The fraction of sp³-hybridized carbons (Fsp3) is 0.474. The van der Waals surface area contributed by atoms with Gasteiger partial charge < -0.3 is 19.9 Å². The van der Waals surface area contributed by atoms with Crippen molar-refractivity contribution in [1.82, 2.24) is 24.8 Å². The van der Waals surface area contributed by atoms with Crippen molar-refractivity contribution in [3.8, 4) is 17.4 Å². The summed E-state index contributed by atoms with van der Waals surface area (Å²) < 4.78 is 5.18. The number of nitrogens with zero attached hydrogens (tertiary/aromatic N) is 5. The van der Waals surface area contributed by atoms with Crippen molar-refractivity contribution >= 4 is 11.9 Å². The molecule has 2 heterocycles. The highest BCUT2D eigenvalue weighted by atomic mass is 16.5. The molecule has 0 atom stereocenters. The molecule has 0 spiro atoms. The van der Waals surface area contributed by atoms with Gasteiger partial charge in [-0.15, -0.1) is 0 Å². The number of rotatable bonds is 6. The smallest absolute Gasteiger partial charge is 0.321 e. The third-order valence-corrected chi connectivity index (χ3v) is 4.51. The molecule has 2 aromatic rings. The van der Waals surface area contributed by atoms with E-state index in [1.807, 2.05) is 29.2 Å². The van der Waals surface area contributed by atoms with Crippen molar-refractivity contribution in [2.24, 2.45) is 0 Å². The minimum Gasteiger partial charge on any atom is -0.467 e. The maximum absolute atomic E-state index is 12.7. The highest BCUT2D eigenvalue weighted by Gasteiger charge is 2.20. The number of ether oxygens (including phenoxy) is 1. The topological polar surface area (TPSA) is 83.5 Å². The third-order valence-electron chi connectivity index (χ3n) is 4.51. The molecule has 1 amide bonds. The third kappa shape index (κ3) is 4.71. The van der Waals surface area contributed by atoms with Crippen LogP contribution in [0.5, 0.6) is 6.01 Å². The number of carbonyl (C=O) groups excluding carboxylic acids is 1. The number of nitrogens with one attached hydrogen (secondary N) is 1. The number of anilines is 1. The number of aromatic nitrogens is 3. The van der Waals surface area contributed by atoms with Gasteiger partial charge in [0.15, 0.2) is 5.82 Å². The van der Waals surface area contributed by atoms with Crippen molar-refractivity contribution in [3.63, 3.8) is 0 Å². The molecule has 0 radical (unpaired) electrons. The second-order valence-corrected chi connectivity index (χ2v) is 6.57. The predicted octanol–water partition coefficient (Wildman–Crippen LogP) is 1.76. The first-order valence-electron chi connectivity index (χ1n) is 9.23. The largest absolute Gasteiger partial charge is 0.467 e. The zero-order chi connectivity index (χ0) is 19.2. The number of methoxy groups -OCH3 is 1. The molecular weight excluding hydrogens is 344 g/mol. The number of benzene rings is 1. The van der Waals surface area contributed by atoms with Gasteiger partial charge in [0.2, 0.25) is 5.95 Å². The molecule has 0 bridgehead atoms. The minimum absolute atomic E-state index is 0.0631. The van der Waals surface area contributed by atoms with Crippen LogP contribution in [0.4, 0.5) is 5.95 Å². The Hall–Kier alpha value is -2.74. The Morgan fingerprint density at radius 2 is 1.81 bits per heavy atom. The SMILES string of the molecule is CCCNc1nc(OC)nc(-c2ccc(C(=O)N3CCN(C)CC3)cc2)n1. The Morgan fingerprint density at radius 1 is 1.11 bits per heavy atom. The van der Waals surface area contributed by atoms with Crippen LogP contribution in [0.1, 0.15) is 23.7 Å². The maximum Gasteiger partial charge on any atom is 0.321 e. The van der Waals surface area contributed by atoms with Crippen LogP contribution in [-0.2, 0) is 0 Å². The summed E-state index contributed by atoms with van der Waals surface area (Å²) in [7, 11) is 3.60. The summed E-state index contributed by atoms with van der Waals surface area (Å²) >= 11 is 0. The first-order chi connectivity index (χ1) is 13.1. The van der Waals surface area contributed by atoms with E-state index in [0.29, 0.717) is 17.3 Å². The van der Waals surface area contributed by atoms with Gasteiger partial charge in [0.05, 0.1) is 7.11 Å². The van der Waals surface area contributed by atoms with Crippen LogP contribution in [0.15, 0.2) is 24.3 Å². The molecule has 8 nitrogen and oxygen atoms in total. The van der Waals surface area contributed by atoms with E-state index in [4.69, 9.17) is 4.74 Å². The molecule has 144 valence electrons. The summed E-state index contributed by atoms with van der Waals surface area (Å²) in [6.07, 6.45) is 0.965. The number of piperazine rings is 1. The van der Waals surface area contributed by atoms with Crippen LogP contribution in [0, 0.1) is 0 Å². The highest BCUT2D eigenvalue weighted by Crippen LogP contribution is 2.20. The molecule has 1 aliphatic heterocycles. The van der Waals surface area contributed by atoms with Gasteiger partial charge in [-0.1, -0.05) is 19.1 Å². The van der Waals surface area contributed by atoms with Gasteiger partial charge in [0, 0.05) is 43.9 Å². The lowest BCUT2D eigenvalue weighted by Gasteiger charge is -2.32. The maximum atomic E-state index is 12.7. The van der Waals surface area contributed by atoms with Gasteiger partial charge in [-0.3, -0.25) is 4.79 Å². The van der Waals surface area contributed by atoms with Crippen molar-refractivity contribution < 1.29 is 9.53 Å². The summed E-state index contributed by atoms with van der Waals surface area (Å²) in [6.45, 7) is 6.17. The van der Waals surface area contributed by atoms with Gasteiger partial charge in [-0.05, 0) is 25.6 Å². The predicted molar refractivity (Wildman–Crippen MR) is 104 cm³/mol. The van der Waals surface area contributed by atoms with Gasteiger partial charge in [0.25, 0.3) is 5.91 Å². The van der Waals surface area contributed by atoms with Crippen LogP contribution in [0.3, 0.4) is 0 Å². The monoisotopic (exact) mass is 370 g/mol. The summed E-state index contributed by atoms with van der Waals surface area (Å²) in [5.74, 6) is 1.06. The number of likely N-dealkylation sites (N-methyl/N-ethyl adjacent to an activating group) is 1. The van der Waals surface area contributed by atoms with Gasteiger partial charge in [-0.25, -0.2) is 0 Å². The second kappa shape index (κ2) is 8.77. The molecule has 1 aromatic carbocycles. The molecule has 1 aliphatic rings. The van der Waals surface area contributed by atoms with Crippen LogP contribution in [0.2, 0.25) is 0 Å². The van der Waals surface area contributed by atoms with Crippen molar-refractivity contribution in [2.45, 2.75) is 13.3 Å². The standard InChI is InChI=1S/C19H26N6O2/c1-4-9-20-18-21-16(22-19(23-18)27-3)14-5-7-15(8-6-14)17(26)25-12-10-24(2)11-13-25/h5-8H,4,9-13H2,1-3H3,(H,20,21,22,23). The van der Waals surface area contributed by atoms with E-state index in [-0.39, 0.29) is 11.9 Å². The number of hydrogen-bond acceptors (Lipinski definition) is 7. The molecule has 0 aliphatic carbocycles.